The third-order valence-electron chi connectivity index (χ3n) is 3.07. The van der Waals surface area contributed by atoms with E-state index in [-0.39, 0.29) is 0 Å². The van der Waals surface area contributed by atoms with Crippen LogP contribution < -0.4 is 15.4 Å². The molecule has 0 heterocycles. The van der Waals surface area contributed by atoms with E-state index in [4.69, 9.17) is 9.47 Å². The highest BCUT2D eigenvalue weighted by atomic mass is 16.5. The third kappa shape index (κ3) is 6.49. The van der Waals surface area contributed by atoms with Crippen molar-refractivity contribution >= 4 is 5.96 Å². The Hall–Kier alpha value is -1.75. The second kappa shape index (κ2) is 10.0. The Labute approximate surface area is 127 Å². The van der Waals surface area contributed by atoms with Gasteiger partial charge in [-0.3, -0.25) is 4.99 Å². The molecule has 1 rings (SSSR count). The van der Waals surface area contributed by atoms with E-state index in [0.29, 0.717) is 6.54 Å². The number of rotatable bonds is 8. The van der Waals surface area contributed by atoms with Crippen molar-refractivity contribution in [2.75, 3.05) is 33.9 Å². The van der Waals surface area contributed by atoms with Crippen molar-refractivity contribution in [1.29, 1.82) is 0 Å². The highest BCUT2D eigenvalue weighted by molar-refractivity contribution is 5.79. The lowest BCUT2D eigenvalue weighted by Gasteiger charge is -2.14. The summed E-state index contributed by atoms with van der Waals surface area (Å²) in [5, 5.41) is 6.55. The van der Waals surface area contributed by atoms with Crippen molar-refractivity contribution in [3.8, 4) is 5.75 Å². The van der Waals surface area contributed by atoms with E-state index in [1.54, 1.807) is 14.2 Å². The van der Waals surface area contributed by atoms with Gasteiger partial charge in [-0.15, -0.1) is 0 Å². The van der Waals surface area contributed by atoms with Gasteiger partial charge in [-0.2, -0.15) is 0 Å². The first-order chi connectivity index (χ1) is 10.2. The predicted molar refractivity (Wildman–Crippen MR) is 87.0 cm³/mol. The third-order valence-corrected chi connectivity index (χ3v) is 3.07. The molecular weight excluding hydrogens is 266 g/mol. The molecule has 0 spiro atoms. The molecule has 118 valence electrons. The minimum absolute atomic E-state index is 0.675. The van der Waals surface area contributed by atoms with Crippen molar-refractivity contribution in [2.45, 2.75) is 26.8 Å². The lowest BCUT2D eigenvalue weighted by molar-refractivity contribution is 0.145. The first-order valence-electron chi connectivity index (χ1n) is 7.37. The summed E-state index contributed by atoms with van der Waals surface area (Å²) in [6.45, 7) is 7.10. The maximum atomic E-state index is 5.40. The molecule has 0 aromatic heterocycles. The van der Waals surface area contributed by atoms with Gasteiger partial charge in [0.25, 0.3) is 0 Å². The molecule has 0 aliphatic carbocycles. The molecule has 0 unspecified atom stereocenters. The van der Waals surface area contributed by atoms with E-state index < -0.39 is 0 Å². The second-order valence-corrected chi connectivity index (χ2v) is 4.72. The summed E-state index contributed by atoms with van der Waals surface area (Å²) in [6, 6.07) is 6.19. The smallest absolute Gasteiger partial charge is 0.191 e. The summed E-state index contributed by atoms with van der Waals surface area (Å²) in [7, 11) is 3.46. The largest absolute Gasteiger partial charge is 0.496 e. The molecule has 1 aromatic carbocycles. The Balaban J connectivity index is 2.41. The van der Waals surface area contributed by atoms with E-state index >= 15 is 0 Å². The normalized spacial score (nSPS) is 11.3. The Kier molecular flexibility index (Phi) is 8.28. The van der Waals surface area contributed by atoms with Crippen molar-refractivity contribution in [3.63, 3.8) is 0 Å². The fraction of sp³-hybridized carbons (Fsp3) is 0.562. The molecule has 0 aliphatic rings. The summed E-state index contributed by atoms with van der Waals surface area (Å²) in [6.07, 6.45) is 0.961. The fourth-order valence-electron chi connectivity index (χ4n) is 1.92. The summed E-state index contributed by atoms with van der Waals surface area (Å²) < 4.78 is 10.7. The zero-order valence-corrected chi connectivity index (χ0v) is 13.5. The average molecular weight is 293 g/mol. The first kappa shape index (κ1) is 17.3. The van der Waals surface area contributed by atoms with Gasteiger partial charge in [0.05, 0.1) is 7.11 Å². The zero-order chi connectivity index (χ0) is 15.5. The number of ether oxygens (including phenoxy) is 2. The number of aryl methyl sites for hydroxylation is 1. The molecule has 1 aromatic rings. The molecule has 21 heavy (non-hydrogen) atoms. The summed E-state index contributed by atoms with van der Waals surface area (Å²) >= 11 is 0. The van der Waals surface area contributed by atoms with Crippen LogP contribution in [0.1, 0.15) is 24.5 Å². The van der Waals surface area contributed by atoms with Gasteiger partial charge in [-0.1, -0.05) is 12.1 Å². The minimum atomic E-state index is 0.675. The lowest BCUT2D eigenvalue weighted by Crippen LogP contribution is -2.37. The SMILES string of the molecule is CCOCCCNC(=NC)NCc1ccc(C)cc1OC. The molecule has 0 bridgehead atoms. The van der Waals surface area contributed by atoms with Gasteiger partial charge in [0.1, 0.15) is 5.75 Å². The molecule has 2 N–H and O–H groups in total. The molecule has 0 saturated heterocycles. The quantitative estimate of drug-likeness (QED) is 0.438. The molecule has 0 fully saturated rings. The van der Waals surface area contributed by atoms with Crippen LogP contribution in [0.2, 0.25) is 0 Å². The number of benzene rings is 1. The Bertz CT molecular complexity index is 447. The van der Waals surface area contributed by atoms with E-state index in [1.165, 1.54) is 5.56 Å². The Morgan fingerprint density at radius 1 is 1.29 bits per heavy atom. The van der Waals surface area contributed by atoms with Gasteiger partial charge >= 0.3 is 0 Å². The van der Waals surface area contributed by atoms with Crippen LogP contribution in [0.15, 0.2) is 23.2 Å². The van der Waals surface area contributed by atoms with Gasteiger partial charge in [0.2, 0.25) is 0 Å². The van der Waals surface area contributed by atoms with Crippen molar-refractivity contribution in [1.82, 2.24) is 10.6 Å². The molecule has 5 nitrogen and oxygen atoms in total. The van der Waals surface area contributed by atoms with E-state index in [9.17, 15) is 0 Å². The number of nitrogens with zero attached hydrogens (tertiary/aromatic N) is 1. The topological polar surface area (TPSA) is 54.9 Å². The van der Waals surface area contributed by atoms with Crippen molar-refractivity contribution in [2.24, 2.45) is 4.99 Å². The van der Waals surface area contributed by atoms with E-state index in [0.717, 1.165) is 43.5 Å². The molecule has 5 heteroatoms. The lowest BCUT2D eigenvalue weighted by atomic mass is 10.1. The first-order valence-corrected chi connectivity index (χ1v) is 7.37. The maximum Gasteiger partial charge on any atom is 0.191 e. The second-order valence-electron chi connectivity index (χ2n) is 4.72. The van der Waals surface area contributed by atoms with Crippen molar-refractivity contribution < 1.29 is 9.47 Å². The number of nitrogens with one attached hydrogen (secondary N) is 2. The van der Waals surface area contributed by atoms with Gasteiger partial charge in [0.15, 0.2) is 5.96 Å². The van der Waals surface area contributed by atoms with Crippen molar-refractivity contribution in [3.05, 3.63) is 29.3 Å². The van der Waals surface area contributed by atoms with Crippen LogP contribution in [0.5, 0.6) is 5.75 Å². The molecule has 0 amide bonds. The van der Waals surface area contributed by atoms with Gasteiger partial charge < -0.3 is 20.1 Å². The molecule has 0 radical (unpaired) electrons. The van der Waals surface area contributed by atoms with Crippen LogP contribution in [-0.4, -0.2) is 39.9 Å². The Morgan fingerprint density at radius 3 is 2.76 bits per heavy atom. The number of guanidine groups is 1. The maximum absolute atomic E-state index is 5.40. The highest BCUT2D eigenvalue weighted by Gasteiger charge is 2.04. The monoisotopic (exact) mass is 293 g/mol. The van der Waals surface area contributed by atoms with Crippen LogP contribution in [0.25, 0.3) is 0 Å². The Morgan fingerprint density at radius 2 is 2.10 bits per heavy atom. The highest BCUT2D eigenvalue weighted by Crippen LogP contribution is 2.19. The average Bonchev–Trinajstić information content (AvgIpc) is 2.50. The van der Waals surface area contributed by atoms with Crippen LogP contribution in [0.3, 0.4) is 0 Å². The summed E-state index contributed by atoms with van der Waals surface area (Å²) in [4.78, 5) is 4.21. The number of hydrogen-bond acceptors (Lipinski definition) is 3. The van der Waals surface area contributed by atoms with Gasteiger partial charge in [-0.25, -0.2) is 0 Å². The fourth-order valence-corrected chi connectivity index (χ4v) is 1.92. The zero-order valence-electron chi connectivity index (χ0n) is 13.5. The van der Waals surface area contributed by atoms with Crippen LogP contribution in [0.4, 0.5) is 0 Å². The summed E-state index contributed by atoms with van der Waals surface area (Å²) in [5.41, 5.74) is 2.30. The minimum Gasteiger partial charge on any atom is -0.496 e. The molecule has 0 atom stereocenters. The van der Waals surface area contributed by atoms with Crippen LogP contribution in [0, 0.1) is 6.92 Å². The summed E-state index contributed by atoms with van der Waals surface area (Å²) in [5.74, 6) is 1.68. The molecule has 0 aliphatic heterocycles. The van der Waals surface area contributed by atoms with Gasteiger partial charge in [0, 0.05) is 38.9 Å². The standard InChI is InChI=1S/C16H27N3O2/c1-5-21-10-6-9-18-16(17-3)19-12-14-8-7-13(2)11-15(14)20-4/h7-8,11H,5-6,9-10,12H2,1-4H3,(H2,17,18,19). The number of aliphatic imine (C=N–C) groups is 1. The number of hydrogen-bond donors (Lipinski definition) is 2. The van der Waals surface area contributed by atoms with Gasteiger partial charge in [-0.05, 0) is 31.9 Å². The van der Waals surface area contributed by atoms with Crippen LogP contribution in [-0.2, 0) is 11.3 Å². The predicted octanol–water partition coefficient (Wildman–Crippen LogP) is 2.10. The molecular formula is C16H27N3O2. The molecule has 0 saturated carbocycles. The van der Waals surface area contributed by atoms with E-state index in [1.807, 2.05) is 13.0 Å². The van der Waals surface area contributed by atoms with Crippen LogP contribution >= 0.6 is 0 Å². The van der Waals surface area contributed by atoms with E-state index in [2.05, 4.69) is 34.7 Å². The number of methoxy groups -OCH3 is 1.